The number of nitrogens with zero attached hydrogens (tertiary/aromatic N) is 2. The summed E-state index contributed by atoms with van der Waals surface area (Å²) in [6.45, 7) is 12.8. The molecule has 0 aliphatic heterocycles. The zero-order valence-electron chi connectivity index (χ0n) is 48.4. The topological polar surface area (TPSA) is 17.4 Å². The van der Waals surface area contributed by atoms with Crippen LogP contribution in [0.15, 0.2) is 279 Å². The van der Waals surface area contributed by atoms with Gasteiger partial charge in [0.25, 0.3) is 0 Å². The highest BCUT2D eigenvalue weighted by molar-refractivity contribution is 6.71. The van der Waals surface area contributed by atoms with Crippen LogP contribution in [-0.2, 0) is 9.84 Å². The minimum atomic E-state index is -2.15. The van der Waals surface area contributed by atoms with E-state index in [0.717, 1.165) is 67.1 Å². The van der Waals surface area contributed by atoms with Gasteiger partial charge in [0.15, 0.2) is 0 Å². The average Bonchev–Trinajstić information content (AvgIpc) is 2.54. The Balaban J connectivity index is 0.753. The Labute approximate surface area is 497 Å². The highest BCUT2D eigenvalue weighted by Gasteiger charge is 2.53. The van der Waals surface area contributed by atoms with Gasteiger partial charge in [-0.2, -0.15) is 0 Å². The van der Waals surface area contributed by atoms with Crippen molar-refractivity contribution in [3.8, 4) is 27.9 Å². The van der Waals surface area contributed by atoms with E-state index in [1.54, 1.807) is 0 Å². The van der Waals surface area contributed by atoms with E-state index >= 15 is 0 Å². The first kappa shape index (κ1) is 53.1. The lowest BCUT2D eigenvalue weighted by Gasteiger charge is -2.45. The van der Waals surface area contributed by atoms with E-state index in [1.165, 1.54) is 88.8 Å². The molecule has 5 aliphatic carbocycles. The van der Waals surface area contributed by atoms with Crippen LogP contribution in [0.3, 0.4) is 0 Å². The number of aromatic nitrogens is 1. The summed E-state index contributed by atoms with van der Waals surface area (Å²) in [4.78, 5) is 2.66. The van der Waals surface area contributed by atoms with Crippen molar-refractivity contribution in [2.24, 2.45) is 17.8 Å². The quantitative estimate of drug-likeness (QED) is 0.0897. The van der Waals surface area contributed by atoms with Gasteiger partial charge in [-0.15, -0.1) is 0 Å². The fourth-order valence-electron chi connectivity index (χ4n) is 14.7. The fraction of sp³-hybridized carbons (Fsp3) is 0.175. The zero-order valence-corrected chi connectivity index (χ0v) is 49.4. The van der Waals surface area contributed by atoms with Crippen LogP contribution in [0.4, 0.5) is 11.4 Å². The molecule has 412 valence electrons. The molecule has 14 rings (SSSR count). The first-order valence-electron chi connectivity index (χ1n) is 30.4. The molecule has 3 nitrogen and oxygen atoms in total. The number of hydrogen-bond donors (Lipinski definition) is 0. The number of para-hydroxylation sites is 2. The Kier molecular flexibility index (Phi) is 14.1. The number of rotatable bonds is 16. The Morgan fingerprint density at radius 2 is 1.19 bits per heavy atom. The smallest absolute Gasteiger partial charge is 0.245 e. The van der Waals surface area contributed by atoms with E-state index < -0.39 is 8.32 Å². The molecule has 84 heavy (non-hydrogen) atoms. The van der Waals surface area contributed by atoms with Gasteiger partial charge >= 0.3 is 0 Å². The molecule has 5 aliphatic rings. The molecule has 1 aromatic heterocycles. The van der Waals surface area contributed by atoms with Crippen LogP contribution in [0.5, 0.6) is 0 Å². The summed E-state index contributed by atoms with van der Waals surface area (Å²) in [7, 11) is -2.15. The predicted octanol–water partition coefficient (Wildman–Crippen LogP) is 21.3. The lowest BCUT2D eigenvalue weighted by molar-refractivity contribution is 0.325. The van der Waals surface area contributed by atoms with Crippen LogP contribution in [0.25, 0.3) is 73.0 Å². The van der Waals surface area contributed by atoms with Crippen molar-refractivity contribution in [1.29, 1.82) is 0 Å². The Hall–Kier alpha value is -8.96. The van der Waals surface area contributed by atoms with Gasteiger partial charge in [-0.25, -0.2) is 0 Å². The first-order valence-corrected chi connectivity index (χ1v) is 33.6. The Bertz CT molecular complexity index is 4200. The minimum Gasteiger partial charge on any atom is -0.544 e. The lowest BCUT2D eigenvalue weighted by atomic mass is 9.62. The summed E-state index contributed by atoms with van der Waals surface area (Å²) in [6.07, 6.45) is 34.4. The van der Waals surface area contributed by atoms with Crippen LogP contribution < -0.4 is 4.90 Å². The normalized spacial score (nSPS) is 20.5. The van der Waals surface area contributed by atoms with Crippen molar-refractivity contribution < 1.29 is 4.43 Å². The molecular formula is C80H72N2OSi. The van der Waals surface area contributed by atoms with Crippen LogP contribution in [0.2, 0.25) is 19.1 Å². The second kappa shape index (κ2) is 22.3. The molecular weight excluding hydrogens is 1030 g/mol. The summed E-state index contributed by atoms with van der Waals surface area (Å²) >= 11 is 0. The number of anilines is 2. The maximum absolute atomic E-state index is 7.15. The molecule has 0 bridgehead atoms. The van der Waals surface area contributed by atoms with Gasteiger partial charge in [0, 0.05) is 51.1 Å². The highest BCUT2D eigenvalue weighted by Crippen LogP contribution is 2.61. The number of fused-ring (bicyclic) bond motifs is 7. The van der Waals surface area contributed by atoms with Crippen LogP contribution in [0.1, 0.15) is 66.3 Å². The number of allylic oxidation sites excluding steroid dienone is 12. The first-order chi connectivity index (χ1) is 41.2. The summed E-state index contributed by atoms with van der Waals surface area (Å²) in [5, 5.41) is 2.48. The van der Waals surface area contributed by atoms with Crippen LogP contribution >= 0.6 is 0 Å². The minimum absolute atomic E-state index is 0.145. The second-order valence-electron chi connectivity index (χ2n) is 24.3. The molecule has 4 heteroatoms. The van der Waals surface area contributed by atoms with E-state index in [4.69, 9.17) is 4.43 Å². The van der Waals surface area contributed by atoms with Crippen molar-refractivity contribution in [3.63, 3.8) is 0 Å². The number of hydrogen-bond acceptors (Lipinski definition) is 2. The molecule has 5 unspecified atom stereocenters. The van der Waals surface area contributed by atoms with Crippen LogP contribution in [-0.4, -0.2) is 18.9 Å². The van der Waals surface area contributed by atoms with Gasteiger partial charge in [-0.3, -0.25) is 0 Å². The third-order valence-corrected chi connectivity index (χ3v) is 21.2. The van der Waals surface area contributed by atoms with Crippen molar-refractivity contribution in [1.82, 2.24) is 4.57 Å². The molecule has 0 N–H and O–H groups in total. The standard InChI is InChI=1S/C80H72N2OSi/c1-5-56-27-31-58(32-28-56)61-35-36-63-52-71(45-39-62(63)51-61)83-84(3,4)50-18-49-80(66-19-10-7-11-20-66)76-26-17-16-25-72(76)73-46-44-70(55-77(73)80)81(67-21-12-8-13-22-67)69-42-37-60(38-43-69)65-41-48-79-75(54-65)74-53-64(59-33-29-57(6-2)30-34-59)40-47-78(74)82(79)68-23-14-9-15-24-68/h5-6,8-10,12-17,19-43,45-48,51-54,62-63,70,77H,1-2,7,11,18,44,49-50,55H2,3-4H3. The second-order valence-corrected chi connectivity index (χ2v) is 28.5. The summed E-state index contributed by atoms with van der Waals surface area (Å²) in [6, 6.07) is 73.5. The van der Waals surface area contributed by atoms with E-state index in [2.05, 4.69) is 291 Å². The molecule has 1 heterocycles. The van der Waals surface area contributed by atoms with Gasteiger partial charge in [0.1, 0.15) is 0 Å². The maximum atomic E-state index is 7.15. The van der Waals surface area contributed by atoms with Crippen molar-refractivity contribution in [3.05, 3.63) is 307 Å². The van der Waals surface area contributed by atoms with E-state index in [-0.39, 0.29) is 11.5 Å². The molecule has 0 amide bonds. The highest BCUT2D eigenvalue weighted by atomic mass is 28.4. The molecule has 0 radical (unpaired) electrons. The van der Waals surface area contributed by atoms with E-state index in [9.17, 15) is 0 Å². The summed E-state index contributed by atoms with van der Waals surface area (Å²) in [5.74, 6) is 1.98. The zero-order chi connectivity index (χ0) is 56.8. The largest absolute Gasteiger partial charge is 0.544 e. The van der Waals surface area contributed by atoms with Gasteiger partial charge in [0.05, 0.1) is 16.8 Å². The fourth-order valence-corrected chi connectivity index (χ4v) is 16.6. The lowest BCUT2D eigenvalue weighted by Crippen LogP contribution is -2.42. The maximum Gasteiger partial charge on any atom is 0.245 e. The molecule has 0 saturated carbocycles. The van der Waals surface area contributed by atoms with Gasteiger partial charge in [-0.1, -0.05) is 214 Å². The Morgan fingerprint density at radius 1 is 0.595 bits per heavy atom. The molecule has 0 spiro atoms. The molecule has 5 atom stereocenters. The van der Waals surface area contributed by atoms with Gasteiger partial charge < -0.3 is 13.9 Å². The van der Waals surface area contributed by atoms with Crippen molar-refractivity contribution >= 4 is 64.8 Å². The van der Waals surface area contributed by atoms with Gasteiger partial charge in [-0.05, 0) is 197 Å². The molecule has 0 fully saturated rings. The van der Waals surface area contributed by atoms with E-state index in [1.807, 2.05) is 12.2 Å². The predicted molar refractivity (Wildman–Crippen MR) is 360 cm³/mol. The molecule has 9 aromatic rings. The molecule has 8 aromatic carbocycles. The SMILES string of the molecule is C=Cc1ccc(C2=CC3C=CC(O[Si](C)(C)CCCC4(C5=CCCC=C5)c5ccccc5C5=CCC(N(c6ccccc6)c6ccc(-c7ccc8c(c7)c7cc(-c9ccc(C=C)cc9)ccc7n8-c7ccccc7)cc6)CC54)=CC3C=C2)cc1. The van der Waals surface area contributed by atoms with Crippen LogP contribution in [0, 0.1) is 17.8 Å². The third kappa shape index (κ3) is 9.86. The molecule has 0 saturated heterocycles. The van der Waals surface area contributed by atoms with Crippen molar-refractivity contribution in [2.75, 3.05) is 4.90 Å². The number of benzene rings is 8. The average molecular weight is 1110 g/mol. The van der Waals surface area contributed by atoms with Crippen molar-refractivity contribution in [2.45, 2.75) is 69.1 Å². The Morgan fingerprint density at radius 3 is 1.86 bits per heavy atom. The monoisotopic (exact) mass is 1100 g/mol. The van der Waals surface area contributed by atoms with E-state index in [0.29, 0.717) is 17.8 Å². The van der Waals surface area contributed by atoms with Gasteiger partial charge in [0.2, 0.25) is 8.32 Å². The third-order valence-electron chi connectivity index (χ3n) is 18.8. The summed E-state index contributed by atoms with van der Waals surface area (Å²) in [5.41, 5.74) is 21.5. The summed E-state index contributed by atoms with van der Waals surface area (Å²) < 4.78 is 9.56.